The number of aromatic nitrogens is 2. The molecule has 3 aromatic rings. The molecule has 0 bridgehead atoms. The molecule has 8 heteroatoms. The molecule has 1 heterocycles. The van der Waals surface area contributed by atoms with Gasteiger partial charge in [-0.2, -0.15) is 0 Å². The van der Waals surface area contributed by atoms with Crippen LogP contribution in [0.2, 0.25) is 10.0 Å². The van der Waals surface area contributed by atoms with Gasteiger partial charge in [-0.25, -0.2) is 4.79 Å². The van der Waals surface area contributed by atoms with Gasteiger partial charge in [0.1, 0.15) is 0 Å². The predicted molar refractivity (Wildman–Crippen MR) is 96.1 cm³/mol. The second-order valence-corrected chi connectivity index (χ2v) is 6.42. The van der Waals surface area contributed by atoms with E-state index >= 15 is 0 Å². The summed E-state index contributed by atoms with van der Waals surface area (Å²) in [4.78, 5) is 26.6. The third-order valence-electron chi connectivity index (χ3n) is 3.90. The van der Waals surface area contributed by atoms with E-state index in [1.54, 1.807) is 43.3 Å². The molecule has 0 radical (unpaired) electrons. The molecule has 0 amide bonds. The normalized spacial score (nSPS) is 10.4. The van der Waals surface area contributed by atoms with Crippen molar-refractivity contribution < 1.29 is 34.7 Å². The number of H-pyrrole nitrogens is 1. The minimum atomic E-state index is -0.768. The summed E-state index contributed by atoms with van der Waals surface area (Å²) in [5.41, 5.74) is 0.193. The van der Waals surface area contributed by atoms with Crippen LogP contribution in [0, 0.1) is 6.92 Å². The van der Waals surface area contributed by atoms with Crippen LogP contribution in [0.1, 0.15) is 16.7 Å². The number of hydrogen-bond donors (Lipinski definition) is 1. The van der Waals surface area contributed by atoms with Crippen molar-refractivity contribution in [2.75, 3.05) is 0 Å². The molecule has 0 aliphatic rings. The molecular formula is C18H13Cl2N2NaO3. The molecule has 5 nitrogen and oxygen atoms in total. The van der Waals surface area contributed by atoms with Crippen LogP contribution in [0.25, 0.3) is 5.69 Å². The van der Waals surface area contributed by atoms with Crippen LogP contribution in [0.3, 0.4) is 0 Å². The molecule has 0 unspecified atom stereocenters. The SMILES string of the molecule is Cc1ccccc1-n1c([O-])c(Cc2ccc(Cl)cc2Cl)c(=O)[nH]c1=O.[Na+]. The quantitative estimate of drug-likeness (QED) is 0.621. The largest absolute Gasteiger partial charge is 1.00 e. The van der Waals surface area contributed by atoms with Crippen LogP contribution in [-0.4, -0.2) is 9.55 Å². The van der Waals surface area contributed by atoms with E-state index in [-0.39, 0.29) is 41.5 Å². The first-order chi connectivity index (χ1) is 11.9. The van der Waals surface area contributed by atoms with Crippen LogP contribution in [-0.2, 0) is 6.42 Å². The fourth-order valence-electron chi connectivity index (χ4n) is 2.60. The molecule has 0 atom stereocenters. The first kappa shape index (κ1) is 20.8. The van der Waals surface area contributed by atoms with Gasteiger partial charge in [-0.1, -0.05) is 47.5 Å². The van der Waals surface area contributed by atoms with Gasteiger partial charge in [-0.3, -0.25) is 14.3 Å². The third-order valence-corrected chi connectivity index (χ3v) is 4.48. The first-order valence-corrected chi connectivity index (χ1v) is 8.19. The number of para-hydroxylation sites is 1. The summed E-state index contributed by atoms with van der Waals surface area (Å²) in [6.07, 6.45) is -0.00364. The number of benzene rings is 2. The van der Waals surface area contributed by atoms with Crippen LogP contribution in [0.15, 0.2) is 52.1 Å². The summed E-state index contributed by atoms with van der Waals surface area (Å²) in [6, 6.07) is 11.8. The number of halogens is 2. The van der Waals surface area contributed by atoms with Gasteiger partial charge < -0.3 is 5.11 Å². The Morgan fingerprint density at radius 3 is 2.46 bits per heavy atom. The van der Waals surface area contributed by atoms with E-state index in [0.29, 0.717) is 21.3 Å². The Morgan fingerprint density at radius 2 is 1.81 bits per heavy atom. The number of aryl methyl sites for hydroxylation is 1. The Hall–Kier alpha value is -1.50. The zero-order valence-corrected chi connectivity index (χ0v) is 17.7. The van der Waals surface area contributed by atoms with Crippen molar-refractivity contribution >= 4 is 23.2 Å². The standard InChI is InChI=1S/C18H14Cl2N2O3.Na/c1-10-4-2-3-5-15(10)22-17(24)13(16(23)21-18(22)25)8-11-6-7-12(19)9-14(11)20;/h2-7,9,24H,8H2,1H3,(H,21,23,25);/q;+1/p-1. The van der Waals surface area contributed by atoms with Crippen molar-refractivity contribution in [3.05, 3.63) is 90.0 Å². The van der Waals surface area contributed by atoms with Crippen molar-refractivity contribution in [2.45, 2.75) is 13.3 Å². The van der Waals surface area contributed by atoms with Crippen molar-refractivity contribution in [3.63, 3.8) is 0 Å². The number of nitrogens with zero attached hydrogens (tertiary/aromatic N) is 1. The molecule has 0 aliphatic carbocycles. The van der Waals surface area contributed by atoms with Gasteiger partial charge in [0.2, 0.25) is 0 Å². The molecule has 0 saturated carbocycles. The number of hydrogen-bond acceptors (Lipinski definition) is 3. The summed E-state index contributed by atoms with van der Waals surface area (Å²) in [6.45, 7) is 1.78. The van der Waals surface area contributed by atoms with Crippen molar-refractivity contribution in [1.29, 1.82) is 0 Å². The van der Waals surface area contributed by atoms with Gasteiger partial charge in [0, 0.05) is 22.0 Å². The first-order valence-electron chi connectivity index (χ1n) is 7.43. The van der Waals surface area contributed by atoms with Crippen molar-refractivity contribution in [1.82, 2.24) is 9.55 Å². The molecule has 3 rings (SSSR count). The average Bonchev–Trinajstić information content (AvgIpc) is 2.54. The fourth-order valence-corrected chi connectivity index (χ4v) is 3.07. The number of rotatable bonds is 3. The number of aromatic amines is 1. The van der Waals surface area contributed by atoms with Crippen molar-refractivity contribution in [2.24, 2.45) is 0 Å². The maximum Gasteiger partial charge on any atom is 1.00 e. The number of nitrogens with one attached hydrogen (secondary N) is 1. The Kier molecular flexibility index (Phi) is 6.77. The summed E-state index contributed by atoms with van der Waals surface area (Å²) in [5, 5.41) is 13.6. The molecule has 1 aromatic heterocycles. The van der Waals surface area contributed by atoms with E-state index in [0.717, 1.165) is 10.1 Å². The zero-order valence-electron chi connectivity index (χ0n) is 14.2. The molecule has 0 spiro atoms. The third kappa shape index (κ3) is 4.08. The summed E-state index contributed by atoms with van der Waals surface area (Å²) in [7, 11) is 0. The fraction of sp³-hybridized carbons (Fsp3) is 0.111. The van der Waals surface area contributed by atoms with Gasteiger partial charge in [-0.15, -0.1) is 0 Å². The second kappa shape index (κ2) is 8.46. The Labute approximate surface area is 181 Å². The summed E-state index contributed by atoms with van der Waals surface area (Å²) < 4.78 is 0.968. The Balaban J connectivity index is 0.00000243. The predicted octanol–water partition coefficient (Wildman–Crippen LogP) is -0.191. The smallest absolute Gasteiger partial charge is 0.859 e. The minimum absolute atomic E-state index is 0. The average molecular weight is 399 g/mol. The van der Waals surface area contributed by atoms with Gasteiger partial charge >= 0.3 is 35.2 Å². The summed E-state index contributed by atoms with van der Waals surface area (Å²) >= 11 is 12.0. The van der Waals surface area contributed by atoms with E-state index in [4.69, 9.17) is 23.2 Å². The van der Waals surface area contributed by atoms with Gasteiger partial charge in [0.25, 0.3) is 5.56 Å². The van der Waals surface area contributed by atoms with Gasteiger partial charge in [-0.05, 0) is 42.1 Å². The maximum atomic E-state index is 12.8. The second-order valence-electron chi connectivity index (χ2n) is 5.58. The van der Waals surface area contributed by atoms with E-state index in [1.165, 1.54) is 6.07 Å². The van der Waals surface area contributed by atoms with Crippen LogP contribution in [0.4, 0.5) is 0 Å². The minimum Gasteiger partial charge on any atom is -0.859 e. The molecule has 2 aromatic carbocycles. The monoisotopic (exact) mass is 398 g/mol. The molecule has 0 saturated heterocycles. The molecule has 0 aliphatic heterocycles. The maximum absolute atomic E-state index is 12.8. The van der Waals surface area contributed by atoms with Crippen LogP contribution >= 0.6 is 23.2 Å². The topological polar surface area (TPSA) is 77.9 Å². The van der Waals surface area contributed by atoms with E-state index in [9.17, 15) is 14.7 Å². The van der Waals surface area contributed by atoms with Crippen molar-refractivity contribution in [3.8, 4) is 11.6 Å². The van der Waals surface area contributed by atoms with Crippen LogP contribution < -0.4 is 45.9 Å². The zero-order chi connectivity index (χ0) is 18.1. The Bertz CT molecular complexity index is 1080. The van der Waals surface area contributed by atoms with E-state index in [2.05, 4.69) is 4.98 Å². The van der Waals surface area contributed by atoms with Gasteiger partial charge in [0.15, 0.2) is 0 Å². The van der Waals surface area contributed by atoms with E-state index in [1.807, 2.05) is 0 Å². The van der Waals surface area contributed by atoms with E-state index < -0.39 is 17.1 Å². The van der Waals surface area contributed by atoms with Gasteiger partial charge in [0.05, 0.1) is 5.69 Å². The Morgan fingerprint density at radius 1 is 1.12 bits per heavy atom. The molecule has 26 heavy (non-hydrogen) atoms. The molecule has 1 N–H and O–H groups in total. The molecular weight excluding hydrogens is 386 g/mol. The molecule has 128 valence electrons. The molecule has 0 fully saturated rings. The summed E-state index contributed by atoms with van der Waals surface area (Å²) in [5.74, 6) is -0.658. The van der Waals surface area contributed by atoms with Crippen LogP contribution in [0.5, 0.6) is 5.88 Å².